The molecule has 2 aliphatic heterocycles. The minimum absolute atomic E-state index is 0.0128. The van der Waals surface area contributed by atoms with Crippen LogP contribution in [0.15, 0.2) is 12.1 Å². The third-order valence-corrected chi connectivity index (χ3v) is 8.32. The first-order chi connectivity index (χ1) is 14.7. The van der Waals surface area contributed by atoms with Gasteiger partial charge in [-0.2, -0.15) is 0 Å². The molecule has 0 aliphatic carbocycles. The Balaban J connectivity index is 2.27. The van der Waals surface area contributed by atoms with E-state index in [0.717, 1.165) is 25.7 Å². The van der Waals surface area contributed by atoms with Crippen molar-refractivity contribution in [1.29, 1.82) is 0 Å². The highest BCUT2D eigenvalue weighted by Gasteiger charge is 2.46. The molecule has 0 N–H and O–H groups in total. The Bertz CT molecular complexity index is 704. The van der Waals surface area contributed by atoms with E-state index in [0.29, 0.717) is 0 Å². The first-order valence-corrected chi connectivity index (χ1v) is 12.6. The molecule has 4 radical (unpaired) electrons. The minimum atomic E-state index is -0.0128. The monoisotopic (exact) mass is 438 g/mol. The Hall–Kier alpha value is -1.58. The van der Waals surface area contributed by atoms with Gasteiger partial charge in [-0.1, -0.05) is 27.7 Å². The van der Waals surface area contributed by atoms with E-state index in [9.17, 15) is 0 Å². The summed E-state index contributed by atoms with van der Waals surface area (Å²) in [6.45, 7) is 35.2. The minimum Gasteiger partial charge on any atom is -0.334 e. The maximum absolute atomic E-state index is 3.79. The lowest BCUT2D eigenvalue weighted by atomic mass is 9.96. The highest BCUT2D eigenvalue weighted by molar-refractivity contribution is 5.93. The second-order valence-electron chi connectivity index (χ2n) is 12.0. The van der Waals surface area contributed by atoms with Crippen LogP contribution in [0.5, 0.6) is 0 Å². The second-order valence-corrected chi connectivity index (χ2v) is 12.0. The highest BCUT2D eigenvalue weighted by Crippen LogP contribution is 2.55. The fourth-order valence-corrected chi connectivity index (χ4v) is 4.16. The summed E-state index contributed by atoms with van der Waals surface area (Å²) >= 11 is 0. The molecule has 2 heterocycles. The van der Waals surface area contributed by atoms with Crippen molar-refractivity contribution in [1.82, 2.24) is 0 Å². The van der Waals surface area contributed by atoms with Crippen LogP contribution < -0.4 is 19.6 Å². The molecule has 0 saturated heterocycles. The van der Waals surface area contributed by atoms with Crippen molar-refractivity contribution < 1.29 is 0 Å². The largest absolute Gasteiger partial charge is 0.334 e. The van der Waals surface area contributed by atoms with Crippen molar-refractivity contribution in [2.75, 3.05) is 19.6 Å². The summed E-state index contributed by atoms with van der Waals surface area (Å²) in [5.74, 6) is 0. The van der Waals surface area contributed by atoms with Gasteiger partial charge >= 0.3 is 0 Å². The number of hydrogen-bond acceptors (Lipinski definition) is 4. The zero-order chi connectivity index (χ0) is 24.3. The molecule has 32 heavy (non-hydrogen) atoms. The second kappa shape index (κ2) is 8.02. The maximum Gasteiger partial charge on any atom is 0.209 e. The van der Waals surface area contributed by atoms with Crippen LogP contribution in [0, 0.1) is 13.3 Å². The van der Waals surface area contributed by atoms with E-state index in [4.69, 9.17) is 0 Å². The zero-order valence-corrected chi connectivity index (χ0v) is 22.8. The molecular weight excluding hydrogens is 392 g/mol. The molecule has 0 unspecified atom stereocenters. The van der Waals surface area contributed by atoms with Crippen LogP contribution in [0.2, 0.25) is 0 Å². The molecule has 0 atom stereocenters. The van der Waals surface area contributed by atoms with Gasteiger partial charge in [0, 0.05) is 22.2 Å². The SMILES string of the molecule is CCC(C)(C)N1[C]N(C(C)(C)CC)c2cc3c(cc21)N(C(C)(C)CC)[C]N3C(C)(C)CC. The summed E-state index contributed by atoms with van der Waals surface area (Å²) in [5, 5.41) is 0. The smallest absolute Gasteiger partial charge is 0.209 e. The predicted octanol–water partition coefficient (Wildman–Crippen LogP) is 7.69. The molecule has 0 bridgehead atoms. The first kappa shape index (κ1) is 25.1. The Morgan fingerprint density at radius 3 is 0.812 bits per heavy atom. The molecule has 3 rings (SSSR count). The lowest BCUT2D eigenvalue weighted by molar-refractivity contribution is 0.435. The van der Waals surface area contributed by atoms with Gasteiger partial charge in [0.25, 0.3) is 0 Å². The van der Waals surface area contributed by atoms with Crippen LogP contribution in [-0.4, -0.2) is 22.2 Å². The van der Waals surface area contributed by atoms with Crippen molar-refractivity contribution in [2.45, 2.75) is 131 Å². The molecule has 178 valence electrons. The molecule has 0 fully saturated rings. The van der Waals surface area contributed by atoms with Crippen LogP contribution >= 0.6 is 0 Å². The van der Waals surface area contributed by atoms with E-state index in [1.54, 1.807) is 0 Å². The summed E-state index contributed by atoms with van der Waals surface area (Å²) in [6, 6.07) is 4.80. The summed E-state index contributed by atoms with van der Waals surface area (Å²) in [7, 11) is 0. The molecule has 1 aromatic carbocycles. The average Bonchev–Trinajstić information content (AvgIpc) is 3.32. The van der Waals surface area contributed by atoms with Gasteiger partial charge in [-0.25, -0.2) is 0 Å². The predicted molar refractivity (Wildman–Crippen MR) is 140 cm³/mol. The van der Waals surface area contributed by atoms with Gasteiger partial charge in [0.05, 0.1) is 22.7 Å². The zero-order valence-electron chi connectivity index (χ0n) is 22.8. The number of hydrogen-bond donors (Lipinski definition) is 0. The van der Waals surface area contributed by atoms with E-state index in [-0.39, 0.29) is 22.2 Å². The van der Waals surface area contributed by atoms with Crippen LogP contribution in [0.3, 0.4) is 0 Å². The quantitative estimate of drug-likeness (QED) is 0.412. The van der Waals surface area contributed by atoms with E-state index in [2.05, 4.69) is 128 Å². The number of anilines is 4. The maximum atomic E-state index is 3.79. The fourth-order valence-electron chi connectivity index (χ4n) is 4.16. The summed E-state index contributed by atoms with van der Waals surface area (Å²) < 4.78 is 0. The van der Waals surface area contributed by atoms with Crippen LogP contribution in [0.1, 0.15) is 109 Å². The van der Waals surface area contributed by atoms with Crippen molar-refractivity contribution in [3.63, 3.8) is 0 Å². The lowest BCUT2D eigenvalue weighted by Crippen LogP contribution is -2.48. The third kappa shape index (κ3) is 3.86. The number of benzene rings is 1. The van der Waals surface area contributed by atoms with Gasteiger partial charge in [-0.15, -0.1) is 0 Å². The Labute approximate surface area is 198 Å². The van der Waals surface area contributed by atoms with Crippen molar-refractivity contribution in [3.05, 3.63) is 25.5 Å². The van der Waals surface area contributed by atoms with Gasteiger partial charge in [0.1, 0.15) is 0 Å². The van der Waals surface area contributed by atoms with E-state index < -0.39 is 0 Å². The van der Waals surface area contributed by atoms with Crippen molar-refractivity contribution in [3.8, 4) is 0 Å². The number of rotatable bonds is 8. The van der Waals surface area contributed by atoms with E-state index in [1.165, 1.54) is 22.7 Å². The van der Waals surface area contributed by atoms with Gasteiger partial charge in [0.15, 0.2) is 0 Å². The topological polar surface area (TPSA) is 13.0 Å². The third-order valence-electron chi connectivity index (χ3n) is 8.32. The molecule has 0 amide bonds. The Kier molecular flexibility index (Phi) is 6.28. The van der Waals surface area contributed by atoms with Gasteiger partial charge < -0.3 is 19.6 Å². The lowest BCUT2D eigenvalue weighted by Gasteiger charge is -2.40. The summed E-state index contributed by atoms with van der Waals surface area (Å²) in [4.78, 5) is 9.52. The molecule has 4 heteroatoms. The molecule has 1 aromatic rings. The molecule has 0 aromatic heterocycles. The highest BCUT2D eigenvalue weighted by atomic mass is 15.5. The van der Waals surface area contributed by atoms with E-state index >= 15 is 0 Å². The van der Waals surface area contributed by atoms with Crippen LogP contribution in [0.25, 0.3) is 0 Å². The van der Waals surface area contributed by atoms with Gasteiger partial charge in [-0.05, 0) is 93.2 Å². The standard InChI is InChI=1S/C28H46N4/c1-13-25(5,6)29-19-30(26(7,8)14-2)22-18-24-23(17-21(22)29)31(27(9,10)15-3)20-32(24)28(11,12)16-4/h17-18H,13-16H2,1-12H3. The first-order valence-electron chi connectivity index (χ1n) is 12.6. The van der Waals surface area contributed by atoms with Crippen LogP contribution in [-0.2, 0) is 0 Å². The summed E-state index contributed by atoms with van der Waals surface area (Å²) in [5.41, 5.74) is 4.97. The van der Waals surface area contributed by atoms with Gasteiger partial charge in [0.2, 0.25) is 13.3 Å². The fraction of sp³-hybridized carbons (Fsp3) is 0.714. The normalized spacial score (nSPS) is 17.4. The average molecular weight is 439 g/mol. The van der Waals surface area contributed by atoms with Gasteiger partial charge in [-0.3, -0.25) is 0 Å². The molecule has 4 nitrogen and oxygen atoms in total. The Morgan fingerprint density at radius 2 is 0.656 bits per heavy atom. The van der Waals surface area contributed by atoms with Crippen molar-refractivity contribution in [2.24, 2.45) is 0 Å². The molecule has 2 aliphatic rings. The van der Waals surface area contributed by atoms with Crippen LogP contribution in [0.4, 0.5) is 22.7 Å². The molecule has 0 spiro atoms. The Morgan fingerprint density at radius 1 is 0.469 bits per heavy atom. The molecular formula is C28H46N4. The molecule has 0 saturated carbocycles. The summed E-state index contributed by atoms with van der Waals surface area (Å²) in [6.07, 6.45) is 4.20. The van der Waals surface area contributed by atoms with E-state index in [1.807, 2.05) is 0 Å². The number of nitrogens with zero attached hydrogens (tertiary/aromatic N) is 4. The number of fused-ring (bicyclic) bond motifs is 2. The van der Waals surface area contributed by atoms with Crippen molar-refractivity contribution >= 4 is 22.7 Å².